The van der Waals surface area contributed by atoms with Crippen LogP contribution < -0.4 is 5.43 Å². The van der Waals surface area contributed by atoms with Crippen LogP contribution in [0.3, 0.4) is 0 Å². The van der Waals surface area contributed by atoms with E-state index in [0.717, 1.165) is 22.5 Å². The Bertz CT molecular complexity index is 803. The molecular weight excluding hydrogens is 272 g/mol. The summed E-state index contributed by atoms with van der Waals surface area (Å²) in [6.07, 6.45) is 0. The molecule has 3 aromatic rings. The quantitative estimate of drug-likeness (QED) is 0.772. The molecule has 0 aliphatic carbocycles. The van der Waals surface area contributed by atoms with Crippen LogP contribution in [-0.2, 0) is 0 Å². The molecule has 0 saturated heterocycles. The molecular formula is C19H18N2O. The number of carbonyl (C=O) groups excluding carboxylic acids is 1. The summed E-state index contributed by atoms with van der Waals surface area (Å²) in [7, 11) is 0. The third-order valence-electron chi connectivity index (χ3n) is 3.64. The van der Waals surface area contributed by atoms with Gasteiger partial charge >= 0.3 is 0 Å². The van der Waals surface area contributed by atoms with Crippen molar-refractivity contribution in [3.63, 3.8) is 0 Å². The van der Waals surface area contributed by atoms with Crippen molar-refractivity contribution in [2.45, 2.75) is 13.8 Å². The fraction of sp³-hybridized carbons (Fsp3) is 0.105. The zero-order valence-corrected chi connectivity index (χ0v) is 12.7. The number of nitrogens with one attached hydrogen (secondary N) is 1. The van der Waals surface area contributed by atoms with Gasteiger partial charge < -0.3 is 0 Å². The number of nitrogens with zero attached hydrogens (tertiary/aromatic N) is 1. The number of aromatic nitrogens is 1. The van der Waals surface area contributed by atoms with E-state index in [1.165, 1.54) is 0 Å². The van der Waals surface area contributed by atoms with Crippen molar-refractivity contribution in [1.29, 1.82) is 0 Å². The number of hydrogen-bond donors (Lipinski definition) is 1. The van der Waals surface area contributed by atoms with Gasteiger partial charge in [0.2, 0.25) is 0 Å². The van der Waals surface area contributed by atoms with Gasteiger partial charge in [0.25, 0.3) is 5.91 Å². The van der Waals surface area contributed by atoms with Crippen molar-refractivity contribution in [2.24, 2.45) is 0 Å². The van der Waals surface area contributed by atoms with Crippen molar-refractivity contribution < 1.29 is 4.79 Å². The molecule has 110 valence electrons. The maximum absolute atomic E-state index is 12.5. The van der Waals surface area contributed by atoms with Crippen molar-refractivity contribution in [2.75, 3.05) is 5.43 Å². The Balaban J connectivity index is 1.93. The summed E-state index contributed by atoms with van der Waals surface area (Å²) in [5.41, 5.74) is 7.73. The first-order valence-corrected chi connectivity index (χ1v) is 7.27. The Kier molecular flexibility index (Phi) is 3.79. The number of carbonyl (C=O) groups is 1. The highest BCUT2D eigenvalue weighted by atomic mass is 16.2. The first kappa shape index (κ1) is 14.1. The molecule has 2 aromatic carbocycles. The molecule has 1 aromatic heterocycles. The number of amides is 1. The predicted octanol–water partition coefficient (Wildman–Crippen LogP) is 4.16. The van der Waals surface area contributed by atoms with Gasteiger partial charge in [0.1, 0.15) is 0 Å². The summed E-state index contributed by atoms with van der Waals surface area (Å²) in [6.45, 7) is 3.95. The molecule has 1 heterocycles. The first-order valence-electron chi connectivity index (χ1n) is 7.27. The second-order valence-corrected chi connectivity index (χ2v) is 5.37. The summed E-state index contributed by atoms with van der Waals surface area (Å²) >= 11 is 0. The Morgan fingerprint density at radius 3 is 2.41 bits per heavy atom. The molecule has 0 atom stereocenters. The maximum atomic E-state index is 12.5. The van der Waals surface area contributed by atoms with Crippen LogP contribution in [-0.4, -0.2) is 10.6 Å². The fourth-order valence-corrected chi connectivity index (χ4v) is 2.47. The van der Waals surface area contributed by atoms with Gasteiger partial charge in [0.15, 0.2) is 0 Å². The van der Waals surface area contributed by atoms with E-state index in [1.54, 1.807) is 0 Å². The molecule has 0 bridgehead atoms. The van der Waals surface area contributed by atoms with Gasteiger partial charge in [-0.25, -0.2) is 0 Å². The van der Waals surface area contributed by atoms with Crippen LogP contribution in [0.4, 0.5) is 0 Å². The Morgan fingerprint density at radius 1 is 0.909 bits per heavy atom. The molecule has 3 rings (SSSR count). The molecule has 0 aliphatic rings. The summed E-state index contributed by atoms with van der Waals surface area (Å²) in [4.78, 5) is 12.5. The van der Waals surface area contributed by atoms with Crippen LogP contribution in [0.5, 0.6) is 0 Å². The van der Waals surface area contributed by atoms with Crippen molar-refractivity contribution >= 4 is 5.91 Å². The van der Waals surface area contributed by atoms with Crippen LogP contribution in [0.2, 0.25) is 0 Å². The van der Waals surface area contributed by atoms with Crippen molar-refractivity contribution in [3.8, 4) is 11.3 Å². The molecule has 0 saturated carbocycles. The minimum absolute atomic E-state index is 0.111. The van der Waals surface area contributed by atoms with E-state index in [0.29, 0.717) is 5.56 Å². The number of hydrogen-bond acceptors (Lipinski definition) is 1. The van der Waals surface area contributed by atoms with Gasteiger partial charge in [0.05, 0.1) is 5.69 Å². The Labute approximate surface area is 130 Å². The summed E-state index contributed by atoms with van der Waals surface area (Å²) in [5, 5.41) is 0. The first-order chi connectivity index (χ1) is 10.6. The predicted molar refractivity (Wildman–Crippen MR) is 89.5 cm³/mol. The molecule has 3 nitrogen and oxygen atoms in total. The van der Waals surface area contributed by atoms with Crippen LogP contribution in [0, 0.1) is 13.8 Å². The molecule has 0 radical (unpaired) electrons. The fourth-order valence-electron chi connectivity index (χ4n) is 2.47. The number of benzene rings is 2. The van der Waals surface area contributed by atoms with E-state index in [2.05, 4.69) is 5.43 Å². The maximum Gasteiger partial charge on any atom is 0.270 e. The number of aryl methyl sites for hydroxylation is 2. The van der Waals surface area contributed by atoms with E-state index < -0.39 is 0 Å². The second kappa shape index (κ2) is 5.90. The highest BCUT2D eigenvalue weighted by Crippen LogP contribution is 2.21. The van der Waals surface area contributed by atoms with Crippen molar-refractivity contribution in [3.05, 3.63) is 83.6 Å². The third kappa shape index (κ3) is 2.79. The largest absolute Gasteiger partial charge is 0.270 e. The monoisotopic (exact) mass is 290 g/mol. The van der Waals surface area contributed by atoms with E-state index >= 15 is 0 Å². The molecule has 0 fully saturated rings. The van der Waals surface area contributed by atoms with E-state index in [-0.39, 0.29) is 5.91 Å². The highest BCUT2D eigenvalue weighted by molar-refractivity contribution is 6.00. The standard InChI is InChI=1S/C19H18N2O/c1-14-7-6-10-17(13-14)19(22)20-21-15(2)11-12-18(21)16-8-4-3-5-9-16/h3-13H,1-2H3,(H,20,22). The van der Waals surface area contributed by atoms with Gasteiger partial charge in [-0.15, -0.1) is 0 Å². The number of rotatable bonds is 3. The van der Waals surface area contributed by atoms with Crippen LogP contribution in [0.1, 0.15) is 21.6 Å². The highest BCUT2D eigenvalue weighted by Gasteiger charge is 2.11. The lowest BCUT2D eigenvalue weighted by molar-refractivity contribution is 0.101. The van der Waals surface area contributed by atoms with Gasteiger partial charge in [-0.05, 0) is 38.1 Å². The van der Waals surface area contributed by atoms with E-state index in [1.807, 2.05) is 85.3 Å². The molecule has 1 amide bonds. The normalized spacial score (nSPS) is 10.5. The molecule has 1 N–H and O–H groups in total. The van der Waals surface area contributed by atoms with Gasteiger partial charge in [-0.3, -0.25) is 14.9 Å². The summed E-state index contributed by atoms with van der Waals surface area (Å²) in [6, 6.07) is 21.6. The third-order valence-corrected chi connectivity index (χ3v) is 3.64. The SMILES string of the molecule is Cc1cccc(C(=O)Nn2c(C)ccc2-c2ccccc2)c1. The topological polar surface area (TPSA) is 34.0 Å². The Morgan fingerprint density at radius 2 is 1.68 bits per heavy atom. The molecule has 0 aliphatic heterocycles. The van der Waals surface area contributed by atoms with Gasteiger partial charge in [-0.2, -0.15) is 0 Å². The Hall–Kier alpha value is -2.81. The zero-order valence-electron chi connectivity index (χ0n) is 12.7. The minimum atomic E-state index is -0.111. The lowest BCUT2D eigenvalue weighted by atomic mass is 10.1. The lowest BCUT2D eigenvalue weighted by Gasteiger charge is -2.13. The molecule has 22 heavy (non-hydrogen) atoms. The van der Waals surface area contributed by atoms with Crippen LogP contribution >= 0.6 is 0 Å². The average molecular weight is 290 g/mol. The van der Waals surface area contributed by atoms with E-state index in [9.17, 15) is 4.79 Å². The summed E-state index contributed by atoms with van der Waals surface area (Å²) < 4.78 is 1.83. The lowest BCUT2D eigenvalue weighted by Crippen LogP contribution is -2.24. The summed E-state index contributed by atoms with van der Waals surface area (Å²) in [5.74, 6) is -0.111. The molecule has 0 unspecified atom stereocenters. The molecule has 0 spiro atoms. The van der Waals surface area contributed by atoms with Crippen LogP contribution in [0.15, 0.2) is 66.7 Å². The van der Waals surface area contributed by atoms with Gasteiger partial charge in [0, 0.05) is 16.8 Å². The van der Waals surface area contributed by atoms with Gasteiger partial charge in [-0.1, -0.05) is 48.0 Å². The molecule has 3 heteroatoms. The smallest absolute Gasteiger partial charge is 0.267 e. The van der Waals surface area contributed by atoms with Crippen molar-refractivity contribution in [1.82, 2.24) is 4.68 Å². The zero-order chi connectivity index (χ0) is 15.5. The minimum Gasteiger partial charge on any atom is -0.267 e. The average Bonchev–Trinajstić information content (AvgIpc) is 2.89. The van der Waals surface area contributed by atoms with Crippen LogP contribution in [0.25, 0.3) is 11.3 Å². The second-order valence-electron chi connectivity index (χ2n) is 5.37. The van der Waals surface area contributed by atoms with E-state index in [4.69, 9.17) is 0 Å².